The molecule has 0 aliphatic carbocycles. The molecule has 7 heteroatoms. The minimum absolute atomic E-state index is 0.0533. The van der Waals surface area contributed by atoms with Gasteiger partial charge in [-0.1, -0.05) is 29.4 Å². The maximum absolute atomic E-state index is 12.1. The lowest BCUT2D eigenvalue weighted by atomic mass is 10.1. The van der Waals surface area contributed by atoms with Crippen molar-refractivity contribution < 1.29 is 9.32 Å². The van der Waals surface area contributed by atoms with E-state index < -0.39 is 0 Å². The lowest BCUT2D eigenvalue weighted by Gasteiger charge is -2.03. The number of hydrogen-bond acceptors (Lipinski definition) is 6. The molecule has 5 nitrogen and oxygen atoms in total. The molecule has 1 amide bonds. The van der Waals surface area contributed by atoms with Crippen LogP contribution < -0.4 is 5.32 Å². The molecule has 3 rings (SSSR count). The van der Waals surface area contributed by atoms with Gasteiger partial charge in [-0.25, -0.2) is 4.98 Å². The van der Waals surface area contributed by atoms with Crippen molar-refractivity contribution in [2.24, 2.45) is 0 Å². The Morgan fingerprint density at radius 2 is 2.08 bits per heavy atom. The van der Waals surface area contributed by atoms with Gasteiger partial charge in [0.25, 0.3) is 0 Å². The molecule has 0 atom stereocenters. The molecule has 0 radical (unpaired) electrons. The summed E-state index contributed by atoms with van der Waals surface area (Å²) in [5.74, 6) is 1.83. The molecule has 0 spiro atoms. The number of thiazole rings is 1. The Labute approximate surface area is 154 Å². The first-order valence-electron chi connectivity index (χ1n) is 7.85. The molecular formula is C18H19N3O2S2. The summed E-state index contributed by atoms with van der Waals surface area (Å²) in [5, 5.41) is 9.39. The zero-order valence-electron chi connectivity index (χ0n) is 14.3. The van der Waals surface area contributed by atoms with E-state index in [9.17, 15) is 4.79 Å². The van der Waals surface area contributed by atoms with Crippen molar-refractivity contribution in [3.8, 4) is 11.3 Å². The Hall–Kier alpha value is -2.12. The van der Waals surface area contributed by atoms with Crippen LogP contribution in [0.25, 0.3) is 11.3 Å². The number of anilines is 1. The van der Waals surface area contributed by atoms with Crippen molar-refractivity contribution in [3.63, 3.8) is 0 Å². The van der Waals surface area contributed by atoms with E-state index in [2.05, 4.69) is 28.4 Å². The van der Waals surface area contributed by atoms with Crippen LogP contribution >= 0.6 is 23.1 Å². The van der Waals surface area contributed by atoms with Crippen LogP contribution in [0.4, 0.5) is 5.13 Å². The smallest absolute Gasteiger partial charge is 0.236 e. The maximum atomic E-state index is 12.1. The first-order chi connectivity index (χ1) is 12.0. The van der Waals surface area contributed by atoms with Crippen LogP contribution in [-0.2, 0) is 10.5 Å². The lowest BCUT2D eigenvalue weighted by Crippen LogP contribution is -2.14. The van der Waals surface area contributed by atoms with Crippen molar-refractivity contribution in [2.75, 3.05) is 11.1 Å². The van der Waals surface area contributed by atoms with Crippen molar-refractivity contribution >= 4 is 34.1 Å². The second-order valence-electron chi connectivity index (χ2n) is 5.70. The van der Waals surface area contributed by atoms with Gasteiger partial charge >= 0.3 is 0 Å². The van der Waals surface area contributed by atoms with Crippen molar-refractivity contribution in [1.29, 1.82) is 0 Å². The third-order valence-electron chi connectivity index (χ3n) is 3.83. The van der Waals surface area contributed by atoms with Crippen molar-refractivity contribution in [2.45, 2.75) is 26.5 Å². The maximum Gasteiger partial charge on any atom is 0.236 e. The molecule has 0 aliphatic heterocycles. The third-order valence-corrected chi connectivity index (χ3v) is 5.55. The van der Waals surface area contributed by atoms with Gasteiger partial charge in [-0.2, -0.15) is 0 Å². The van der Waals surface area contributed by atoms with E-state index >= 15 is 0 Å². The summed E-state index contributed by atoms with van der Waals surface area (Å²) in [6, 6.07) is 8.09. The number of rotatable bonds is 6. The fourth-order valence-electron chi connectivity index (χ4n) is 2.42. The van der Waals surface area contributed by atoms with Crippen LogP contribution in [0.1, 0.15) is 22.6 Å². The third kappa shape index (κ3) is 4.29. The van der Waals surface area contributed by atoms with Crippen LogP contribution in [0, 0.1) is 20.8 Å². The first kappa shape index (κ1) is 17.7. The number of nitrogens with one attached hydrogen (secondary N) is 1. The minimum Gasteiger partial charge on any atom is -0.361 e. The monoisotopic (exact) mass is 373 g/mol. The van der Waals surface area contributed by atoms with Crippen molar-refractivity contribution in [3.05, 3.63) is 52.2 Å². The summed E-state index contributed by atoms with van der Waals surface area (Å²) in [6.45, 7) is 5.85. The Morgan fingerprint density at radius 3 is 2.80 bits per heavy atom. The van der Waals surface area contributed by atoms with Crippen LogP contribution in [0.2, 0.25) is 0 Å². The molecule has 25 heavy (non-hydrogen) atoms. The average molecular weight is 374 g/mol. The second-order valence-corrected chi connectivity index (χ2v) is 7.54. The predicted molar refractivity (Wildman–Crippen MR) is 103 cm³/mol. The van der Waals surface area contributed by atoms with Crippen LogP contribution in [0.5, 0.6) is 0 Å². The summed E-state index contributed by atoms with van der Waals surface area (Å²) in [7, 11) is 0. The highest BCUT2D eigenvalue weighted by molar-refractivity contribution is 7.99. The molecule has 0 bridgehead atoms. The van der Waals surface area contributed by atoms with Gasteiger partial charge in [0.05, 0.1) is 17.1 Å². The number of carbonyl (C=O) groups excluding carboxylic acids is 1. The van der Waals surface area contributed by atoms with Crippen LogP contribution in [-0.4, -0.2) is 21.8 Å². The highest BCUT2D eigenvalue weighted by Crippen LogP contribution is 2.27. The molecule has 0 saturated heterocycles. The average Bonchev–Trinajstić information content (AvgIpc) is 3.16. The van der Waals surface area contributed by atoms with Gasteiger partial charge in [0, 0.05) is 22.3 Å². The normalized spacial score (nSPS) is 10.8. The number of hydrogen-bond donors (Lipinski definition) is 1. The summed E-state index contributed by atoms with van der Waals surface area (Å²) in [5.41, 5.74) is 5.09. The fourth-order valence-corrected chi connectivity index (χ4v) is 4.13. The molecule has 0 saturated carbocycles. The molecule has 0 aliphatic rings. The molecule has 3 aromatic rings. The van der Waals surface area contributed by atoms with Gasteiger partial charge in [0.15, 0.2) is 5.13 Å². The summed E-state index contributed by atoms with van der Waals surface area (Å²) >= 11 is 2.98. The molecule has 130 valence electrons. The van der Waals surface area contributed by atoms with Crippen LogP contribution in [0.3, 0.4) is 0 Å². The first-order valence-corrected chi connectivity index (χ1v) is 9.89. The number of carbonyl (C=O) groups is 1. The highest BCUT2D eigenvalue weighted by atomic mass is 32.2. The SMILES string of the molecule is Cc1ccccc1-c1csc(NC(=O)CSCc2c(C)noc2C)n1. The number of amides is 1. The Bertz CT molecular complexity index is 867. The molecule has 0 fully saturated rings. The molecular weight excluding hydrogens is 354 g/mol. The quantitative estimate of drug-likeness (QED) is 0.684. The molecule has 2 heterocycles. The Balaban J connectivity index is 1.54. The standard InChI is InChI=1S/C18H19N3O2S2/c1-11-6-4-5-7-14(11)16-9-25-18(19-16)20-17(22)10-24-8-15-12(2)21-23-13(15)3/h4-7,9H,8,10H2,1-3H3,(H,19,20,22). The number of thioether (sulfide) groups is 1. The van der Waals surface area contributed by atoms with E-state index in [4.69, 9.17) is 4.52 Å². The second kappa shape index (κ2) is 7.84. The number of nitrogens with zero attached hydrogens (tertiary/aromatic N) is 2. The van der Waals surface area contributed by atoms with E-state index in [1.807, 2.05) is 37.4 Å². The highest BCUT2D eigenvalue weighted by Gasteiger charge is 2.12. The molecule has 2 aromatic heterocycles. The lowest BCUT2D eigenvalue weighted by molar-refractivity contribution is -0.113. The van der Waals surface area contributed by atoms with Crippen molar-refractivity contribution in [1.82, 2.24) is 10.1 Å². The predicted octanol–water partition coefficient (Wildman–Crippen LogP) is 4.60. The van der Waals surface area contributed by atoms with E-state index in [1.165, 1.54) is 28.7 Å². The largest absolute Gasteiger partial charge is 0.361 e. The van der Waals surface area contributed by atoms with E-state index in [0.29, 0.717) is 16.6 Å². The van der Waals surface area contributed by atoms with Gasteiger partial charge in [-0.3, -0.25) is 4.79 Å². The molecule has 0 unspecified atom stereocenters. The number of benzene rings is 1. The minimum atomic E-state index is -0.0533. The van der Waals surface area contributed by atoms with Gasteiger partial charge in [0.2, 0.25) is 5.91 Å². The molecule has 1 aromatic carbocycles. The summed E-state index contributed by atoms with van der Waals surface area (Å²) in [6.07, 6.45) is 0. The topological polar surface area (TPSA) is 68.0 Å². The fraction of sp³-hybridized carbons (Fsp3) is 0.278. The Morgan fingerprint density at radius 1 is 1.28 bits per heavy atom. The van der Waals surface area contributed by atoms with E-state index in [-0.39, 0.29) is 5.91 Å². The zero-order valence-corrected chi connectivity index (χ0v) is 16.0. The Kier molecular flexibility index (Phi) is 5.55. The van der Waals surface area contributed by atoms with Gasteiger partial charge < -0.3 is 9.84 Å². The van der Waals surface area contributed by atoms with Gasteiger partial charge in [0.1, 0.15) is 5.76 Å². The van der Waals surface area contributed by atoms with Gasteiger partial charge in [-0.05, 0) is 26.3 Å². The zero-order chi connectivity index (χ0) is 17.8. The van der Waals surface area contributed by atoms with E-state index in [0.717, 1.165) is 28.3 Å². The number of aryl methyl sites for hydroxylation is 3. The summed E-state index contributed by atoms with van der Waals surface area (Å²) < 4.78 is 5.13. The summed E-state index contributed by atoms with van der Waals surface area (Å²) in [4.78, 5) is 16.6. The van der Waals surface area contributed by atoms with Gasteiger partial charge in [-0.15, -0.1) is 23.1 Å². The molecule has 1 N–H and O–H groups in total. The van der Waals surface area contributed by atoms with E-state index in [1.54, 1.807) is 0 Å². The number of aromatic nitrogens is 2. The van der Waals surface area contributed by atoms with Crippen LogP contribution in [0.15, 0.2) is 34.2 Å².